The minimum Gasteiger partial charge on any atom is -0.495 e. The second kappa shape index (κ2) is 7.98. The summed E-state index contributed by atoms with van der Waals surface area (Å²) in [4.78, 5) is 12.8. The van der Waals surface area contributed by atoms with Crippen LogP contribution in [0.2, 0.25) is 0 Å². The van der Waals surface area contributed by atoms with Crippen LogP contribution in [0.15, 0.2) is 24.3 Å². The number of hydrogen-bond donors (Lipinski definition) is 1. The van der Waals surface area contributed by atoms with Crippen LogP contribution < -0.4 is 10.1 Å². The third-order valence-electron chi connectivity index (χ3n) is 2.95. The number of amides is 1. The summed E-state index contributed by atoms with van der Waals surface area (Å²) in [5.41, 5.74) is 0.381. The molecule has 0 radical (unpaired) electrons. The number of anilines is 1. The number of benzene rings is 1. The number of carbonyl (C=O) groups excluding carboxylic acids is 1. The van der Waals surface area contributed by atoms with E-state index in [1.807, 2.05) is 0 Å². The number of nitrogens with zero attached hydrogens (tertiary/aromatic N) is 1. The Bertz CT molecular complexity index is 497. The van der Waals surface area contributed by atoms with E-state index in [4.69, 9.17) is 4.74 Å². The van der Waals surface area contributed by atoms with Gasteiger partial charge in [-0.3, -0.25) is 9.69 Å². The summed E-state index contributed by atoms with van der Waals surface area (Å²) < 4.78 is 55.5. The molecule has 1 rings (SSSR count). The smallest absolute Gasteiger partial charge is 0.319 e. The Labute approximate surface area is 126 Å². The molecule has 0 bridgehead atoms. The summed E-state index contributed by atoms with van der Waals surface area (Å²) in [5.74, 6) is -4.32. The van der Waals surface area contributed by atoms with Gasteiger partial charge in [0.15, 0.2) is 0 Å². The van der Waals surface area contributed by atoms with Gasteiger partial charge < -0.3 is 10.1 Å². The molecule has 0 fully saturated rings. The van der Waals surface area contributed by atoms with Crippen molar-refractivity contribution < 1.29 is 27.1 Å². The molecule has 0 atom stereocenters. The fourth-order valence-electron chi connectivity index (χ4n) is 1.79. The number of alkyl halides is 4. The van der Waals surface area contributed by atoms with Gasteiger partial charge in [0.25, 0.3) is 0 Å². The molecule has 124 valence electrons. The summed E-state index contributed by atoms with van der Waals surface area (Å²) in [7, 11) is 1.42. The first kappa shape index (κ1) is 18.2. The first-order chi connectivity index (χ1) is 10.3. The third kappa shape index (κ3) is 5.18. The molecule has 0 spiro atoms. The number of nitrogens with one attached hydrogen (secondary N) is 1. The summed E-state index contributed by atoms with van der Waals surface area (Å²) in [6, 6.07) is 6.58. The molecule has 0 heterocycles. The molecule has 22 heavy (non-hydrogen) atoms. The third-order valence-corrected chi connectivity index (χ3v) is 2.95. The minimum absolute atomic E-state index is 0.0433. The Hall–Kier alpha value is -1.83. The highest BCUT2D eigenvalue weighted by molar-refractivity contribution is 5.93. The number of ether oxygens (including phenoxy) is 1. The lowest BCUT2D eigenvalue weighted by Crippen LogP contribution is -2.44. The zero-order valence-electron chi connectivity index (χ0n) is 12.3. The predicted molar refractivity (Wildman–Crippen MR) is 74.7 cm³/mol. The highest BCUT2D eigenvalue weighted by atomic mass is 19.3. The highest BCUT2D eigenvalue weighted by Gasteiger charge is 2.42. The topological polar surface area (TPSA) is 41.6 Å². The molecule has 0 aliphatic carbocycles. The average Bonchev–Trinajstić information content (AvgIpc) is 2.46. The molecule has 4 nitrogen and oxygen atoms in total. The number of para-hydroxylation sites is 2. The molecule has 8 heteroatoms. The molecule has 1 amide bonds. The van der Waals surface area contributed by atoms with E-state index in [1.165, 1.54) is 14.0 Å². The fraction of sp³-hybridized carbons (Fsp3) is 0.500. The maximum absolute atomic E-state index is 13.0. The van der Waals surface area contributed by atoms with Crippen LogP contribution >= 0.6 is 0 Å². The van der Waals surface area contributed by atoms with Gasteiger partial charge in [0, 0.05) is 0 Å². The van der Waals surface area contributed by atoms with Crippen molar-refractivity contribution in [2.45, 2.75) is 19.3 Å². The number of carbonyl (C=O) groups is 1. The van der Waals surface area contributed by atoms with E-state index in [1.54, 1.807) is 24.3 Å². The van der Waals surface area contributed by atoms with Crippen molar-refractivity contribution in [1.82, 2.24) is 4.90 Å². The van der Waals surface area contributed by atoms with Gasteiger partial charge in [0.1, 0.15) is 5.75 Å². The monoisotopic (exact) mass is 322 g/mol. The van der Waals surface area contributed by atoms with E-state index in [0.717, 1.165) is 4.90 Å². The van der Waals surface area contributed by atoms with Gasteiger partial charge in [-0.15, -0.1) is 0 Å². The molecule has 0 unspecified atom stereocenters. The lowest BCUT2D eigenvalue weighted by atomic mass is 10.2. The zero-order valence-corrected chi connectivity index (χ0v) is 12.3. The minimum atomic E-state index is -4.15. The van der Waals surface area contributed by atoms with Crippen LogP contribution in [0.3, 0.4) is 0 Å². The number of methoxy groups -OCH3 is 1. The predicted octanol–water partition coefficient (Wildman–Crippen LogP) is 2.86. The van der Waals surface area contributed by atoms with Crippen LogP contribution in [0.25, 0.3) is 0 Å². The maximum Gasteiger partial charge on any atom is 0.319 e. The number of rotatable bonds is 8. The van der Waals surface area contributed by atoms with E-state index < -0.39 is 31.3 Å². The Morgan fingerprint density at radius 1 is 1.36 bits per heavy atom. The van der Waals surface area contributed by atoms with Gasteiger partial charge in [-0.2, -0.15) is 8.78 Å². The first-order valence-corrected chi connectivity index (χ1v) is 6.61. The second-order valence-electron chi connectivity index (χ2n) is 4.61. The Morgan fingerprint density at radius 3 is 2.55 bits per heavy atom. The van der Waals surface area contributed by atoms with Crippen LogP contribution in [0.4, 0.5) is 23.2 Å². The highest BCUT2D eigenvalue weighted by Crippen LogP contribution is 2.25. The number of hydrogen-bond acceptors (Lipinski definition) is 3. The number of halogens is 4. The summed E-state index contributed by atoms with van der Waals surface area (Å²) in [6.45, 7) is -0.0447. The van der Waals surface area contributed by atoms with Gasteiger partial charge >= 0.3 is 12.3 Å². The summed E-state index contributed by atoms with van der Waals surface area (Å²) in [5, 5.41) is 2.50. The zero-order chi connectivity index (χ0) is 16.8. The van der Waals surface area contributed by atoms with Crippen LogP contribution in [-0.2, 0) is 4.79 Å². The van der Waals surface area contributed by atoms with Crippen molar-refractivity contribution in [3.05, 3.63) is 24.3 Å². The van der Waals surface area contributed by atoms with Crippen molar-refractivity contribution in [3.63, 3.8) is 0 Å². The number of likely N-dealkylation sites (N-methyl/N-ethyl adjacent to an activating group) is 1. The maximum atomic E-state index is 13.0. The van der Waals surface area contributed by atoms with E-state index in [-0.39, 0.29) is 6.54 Å². The van der Waals surface area contributed by atoms with Crippen molar-refractivity contribution in [2.24, 2.45) is 0 Å². The second-order valence-corrected chi connectivity index (χ2v) is 4.61. The first-order valence-electron chi connectivity index (χ1n) is 6.61. The molecular formula is C14H18F4N2O2. The van der Waals surface area contributed by atoms with Crippen LogP contribution in [-0.4, -0.2) is 49.9 Å². The van der Waals surface area contributed by atoms with Gasteiger partial charge in [-0.1, -0.05) is 19.1 Å². The van der Waals surface area contributed by atoms with Crippen molar-refractivity contribution >= 4 is 11.6 Å². The lowest BCUT2D eigenvalue weighted by molar-refractivity contribution is -0.144. The van der Waals surface area contributed by atoms with E-state index in [2.05, 4.69) is 5.32 Å². The van der Waals surface area contributed by atoms with E-state index in [0.29, 0.717) is 11.4 Å². The van der Waals surface area contributed by atoms with Gasteiger partial charge in [-0.25, -0.2) is 8.78 Å². The molecule has 0 aliphatic heterocycles. The normalized spacial score (nSPS) is 11.8. The molecule has 1 aromatic carbocycles. The SMILES string of the molecule is CCN(CC(=O)Nc1ccccc1OC)CC(F)(F)C(F)F. The van der Waals surface area contributed by atoms with Gasteiger partial charge in [0.05, 0.1) is 25.9 Å². The standard InChI is InChI=1S/C14H18F4N2O2/c1-3-20(9-14(17,18)13(15)16)8-12(21)19-10-6-4-5-7-11(10)22-2/h4-7,13H,3,8-9H2,1-2H3,(H,19,21). The van der Waals surface area contributed by atoms with Crippen molar-refractivity contribution in [2.75, 3.05) is 32.1 Å². The van der Waals surface area contributed by atoms with E-state index in [9.17, 15) is 22.4 Å². The van der Waals surface area contributed by atoms with E-state index >= 15 is 0 Å². The lowest BCUT2D eigenvalue weighted by Gasteiger charge is -2.25. The Morgan fingerprint density at radius 2 is 2.00 bits per heavy atom. The summed E-state index contributed by atoms with van der Waals surface area (Å²) >= 11 is 0. The largest absolute Gasteiger partial charge is 0.495 e. The van der Waals surface area contributed by atoms with Crippen LogP contribution in [0.5, 0.6) is 5.75 Å². The van der Waals surface area contributed by atoms with Crippen molar-refractivity contribution in [3.8, 4) is 5.75 Å². The van der Waals surface area contributed by atoms with Crippen molar-refractivity contribution in [1.29, 1.82) is 0 Å². The molecule has 1 N–H and O–H groups in total. The quantitative estimate of drug-likeness (QED) is 0.748. The molecular weight excluding hydrogens is 304 g/mol. The molecule has 0 saturated carbocycles. The van der Waals surface area contributed by atoms with Gasteiger partial charge in [-0.05, 0) is 18.7 Å². The van der Waals surface area contributed by atoms with Crippen LogP contribution in [0.1, 0.15) is 6.92 Å². The molecule has 0 aromatic heterocycles. The average molecular weight is 322 g/mol. The van der Waals surface area contributed by atoms with Crippen LogP contribution in [0, 0.1) is 0 Å². The summed E-state index contributed by atoms with van der Waals surface area (Å²) in [6.07, 6.45) is -3.76. The molecule has 0 aliphatic rings. The fourth-order valence-corrected chi connectivity index (χ4v) is 1.79. The Balaban J connectivity index is 2.66. The molecule has 1 aromatic rings. The van der Waals surface area contributed by atoms with Gasteiger partial charge in [0.2, 0.25) is 5.91 Å². The molecule has 0 saturated heterocycles. The Kier molecular flexibility index (Phi) is 6.61.